The molecule has 1 aromatic rings. The number of hydrogen-bond acceptors (Lipinski definition) is 3. The van der Waals surface area contributed by atoms with Gasteiger partial charge in [-0.25, -0.2) is 0 Å². The van der Waals surface area contributed by atoms with Crippen LogP contribution in [0.1, 0.15) is 50.1 Å². The summed E-state index contributed by atoms with van der Waals surface area (Å²) < 4.78 is 1.97. The first kappa shape index (κ1) is 15.0. The zero-order chi connectivity index (χ0) is 13.7. The van der Waals surface area contributed by atoms with Crippen LogP contribution in [-0.2, 0) is 6.54 Å². The van der Waals surface area contributed by atoms with Gasteiger partial charge < -0.3 is 9.67 Å². The van der Waals surface area contributed by atoms with E-state index in [1.807, 2.05) is 11.5 Å². The summed E-state index contributed by atoms with van der Waals surface area (Å²) in [5, 5.41) is 10.9. The van der Waals surface area contributed by atoms with Gasteiger partial charge in [-0.3, -0.25) is 4.79 Å². The van der Waals surface area contributed by atoms with E-state index in [1.165, 1.54) is 0 Å². The van der Waals surface area contributed by atoms with Gasteiger partial charge in [0.2, 0.25) is 5.88 Å². The van der Waals surface area contributed by atoms with E-state index in [-0.39, 0.29) is 11.7 Å². The lowest BCUT2D eigenvalue weighted by molar-refractivity contribution is 0.0967. The quantitative estimate of drug-likeness (QED) is 0.608. The van der Waals surface area contributed by atoms with Gasteiger partial charge >= 0.3 is 0 Å². The third-order valence-corrected chi connectivity index (χ3v) is 4.66. The number of hydrogen-bond donors (Lipinski definition) is 1. The highest BCUT2D eigenvalue weighted by molar-refractivity contribution is 6.70. The average molecular weight is 268 g/mol. The van der Waals surface area contributed by atoms with Gasteiger partial charge in [0.25, 0.3) is 0 Å². The summed E-state index contributed by atoms with van der Waals surface area (Å²) in [6.45, 7) is 9.18. The molecule has 0 aliphatic carbocycles. The monoisotopic (exact) mass is 268 g/mol. The molecule has 0 amide bonds. The molecule has 102 valence electrons. The molecule has 0 aromatic carbocycles. The van der Waals surface area contributed by atoms with E-state index in [2.05, 4.69) is 25.0 Å². The molecule has 0 bridgehead atoms. The van der Waals surface area contributed by atoms with Crippen molar-refractivity contribution in [2.45, 2.75) is 59.2 Å². The van der Waals surface area contributed by atoms with Gasteiger partial charge in [0.1, 0.15) is 0 Å². The summed E-state index contributed by atoms with van der Waals surface area (Å²) in [4.78, 5) is 16.1. The maximum atomic E-state index is 12.0. The molecule has 1 aromatic heterocycles. The minimum absolute atomic E-state index is 0.0461. The Morgan fingerprint density at radius 1 is 1.33 bits per heavy atom. The molecule has 0 aliphatic rings. The molecule has 0 atom stereocenters. The van der Waals surface area contributed by atoms with Crippen LogP contribution in [0.2, 0.25) is 13.1 Å². The zero-order valence-corrected chi connectivity index (χ0v) is 13.0. The maximum Gasteiger partial charge on any atom is 0.228 e. The molecule has 0 fully saturated rings. The SMILES string of the molecule is CCCCn1c(C(=O)CCC)nc(O)c1[SiH](C)C. The zero-order valence-electron chi connectivity index (χ0n) is 11.9. The van der Waals surface area contributed by atoms with Gasteiger partial charge in [0.15, 0.2) is 11.6 Å². The number of ketones is 1. The molecule has 0 aliphatic heterocycles. The van der Waals surface area contributed by atoms with Crippen LogP contribution < -0.4 is 5.32 Å². The Balaban J connectivity index is 3.16. The number of carbonyl (C=O) groups excluding carboxylic acids is 1. The fourth-order valence-electron chi connectivity index (χ4n) is 2.12. The molecule has 0 saturated heterocycles. The molecule has 18 heavy (non-hydrogen) atoms. The molecule has 0 saturated carbocycles. The second kappa shape index (κ2) is 6.73. The highest BCUT2D eigenvalue weighted by Gasteiger charge is 2.22. The van der Waals surface area contributed by atoms with E-state index < -0.39 is 8.80 Å². The Morgan fingerprint density at radius 3 is 2.50 bits per heavy atom. The van der Waals surface area contributed by atoms with Crippen molar-refractivity contribution >= 4 is 19.9 Å². The van der Waals surface area contributed by atoms with Crippen LogP contribution in [0.3, 0.4) is 0 Å². The van der Waals surface area contributed by atoms with E-state index in [1.54, 1.807) is 0 Å². The summed E-state index contributed by atoms with van der Waals surface area (Å²) in [6, 6.07) is 0. The molecule has 4 nitrogen and oxygen atoms in total. The van der Waals surface area contributed by atoms with Gasteiger partial charge in [-0.1, -0.05) is 33.4 Å². The lowest BCUT2D eigenvalue weighted by Gasteiger charge is -2.12. The van der Waals surface area contributed by atoms with Crippen LogP contribution in [-0.4, -0.2) is 29.2 Å². The Kier molecular flexibility index (Phi) is 5.59. The second-order valence-corrected chi connectivity index (χ2v) is 7.83. The average Bonchev–Trinajstić information content (AvgIpc) is 2.63. The lowest BCUT2D eigenvalue weighted by atomic mass is 10.2. The second-order valence-electron chi connectivity index (χ2n) is 4.98. The van der Waals surface area contributed by atoms with Crippen molar-refractivity contribution in [1.82, 2.24) is 9.55 Å². The Labute approximate surface area is 111 Å². The van der Waals surface area contributed by atoms with Crippen LogP contribution in [0, 0.1) is 0 Å². The Hall–Kier alpha value is -1.10. The van der Waals surface area contributed by atoms with Crippen molar-refractivity contribution < 1.29 is 9.90 Å². The molecule has 1 heterocycles. The van der Waals surface area contributed by atoms with Gasteiger partial charge in [0.05, 0.1) is 14.1 Å². The summed E-state index contributed by atoms with van der Waals surface area (Å²) in [5.74, 6) is 0.580. The predicted molar refractivity (Wildman–Crippen MR) is 76.5 cm³/mol. The topological polar surface area (TPSA) is 55.1 Å². The number of Topliss-reactive ketones (excluding diaryl/α,β-unsaturated/α-hetero) is 1. The summed E-state index contributed by atoms with van der Waals surface area (Å²) in [6.07, 6.45) is 3.39. The molecule has 0 radical (unpaired) electrons. The Bertz CT molecular complexity index is 413. The van der Waals surface area contributed by atoms with E-state index in [4.69, 9.17) is 0 Å². The number of imidazole rings is 1. The minimum atomic E-state index is -1.19. The van der Waals surface area contributed by atoms with Crippen LogP contribution in [0.5, 0.6) is 5.88 Å². The first-order valence-corrected chi connectivity index (χ1v) is 9.74. The van der Waals surface area contributed by atoms with Crippen LogP contribution in [0.4, 0.5) is 0 Å². The molecular weight excluding hydrogens is 244 g/mol. The fourth-order valence-corrected chi connectivity index (χ4v) is 3.57. The predicted octanol–water partition coefficient (Wildman–Crippen LogP) is 2.07. The number of nitrogens with zero attached hydrogens (tertiary/aromatic N) is 2. The van der Waals surface area contributed by atoms with E-state index in [0.717, 1.165) is 31.1 Å². The van der Waals surface area contributed by atoms with Crippen molar-refractivity contribution in [3.05, 3.63) is 5.82 Å². The van der Waals surface area contributed by atoms with Crippen molar-refractivity contribution in [3.63, 3.8) is 0 Å². The number of unbranched alkanes of at least 4 members (excludes halogenated alkanes) is 1. The first-order chi connectivity index (χ1) is 8.52. The third-order valence-electron chi connectivity index (χ3n) is 3.00. The molecule has 0 spiro atoms. The molecular formula is C13H24N2O2Si. The van der Waals surface area contributed by atoms with Gasteiger partial charge in [-0.2, -0.15) is 4.98 Å². The summed E-state index contributed by atoms with van der Waals surface area (Å²) in [7, 11) is -1.19. The van der Waals surface area contributed by atoms with E-state index >= 15 is 0 Å². The normalized spacial score (nSPS) is 11.2. The van der Waals surface area contributed by atoms with Crippen LogP contribution in [0.25, 0.3) is 0 Å². The summed E-state index contributed by atoms with van der Waals surface area (Å²) >= 11 is 0. The number of carbonyl (C=O) groups is 1. The van der Waals surface area contributed by atoms with Crippen molar-refractivity contribution in [3.8, 4) is 5.88 Å². The van der Waals surface area contributed by atoms with Crippen molar-refractivity contribution in [2.75, 3.05) is 0 Å². The molecule has 5 heteroatoms. The van der Waals surface area contributed by atoms with Crippen molar-refractivity contribution in [1.29, 1.82) is 0 Å². The highest BCUT2D eigenvalue weighted by Crippen LogP contribution is 2.13. The fraction of sp³-hybridized carbons (Fsp3) is 0.692. The molecule has 1 N–H and O–H groups in total. The Morgan fingerprint density at radius 2 is 2.00 bits per heavy atom. The minimum Gasteiger partial charge on any atom is -0.492 e. The number of rotatable bonds is 7. The largest absolute Gasteiger partial charge is 0.492 e. The van der Waals surface area contributed by atoms with Gasteiger partial charge in [-0.15, -0.1) is 0 Å². The highest BCUT2D eigenvalue weighted by atomic mass is 28.3. The molecule has 1 rings (SSSR count). The summed E-state index contributed by atoms with van der Waals surface area (Å²) in [5.41, 5.74) is 0. The van der Waals surface area contributed by atoms with E-state index in [9.17, 15) is 9.90 Å². The number of aromatic hydroxyl groups is 1. The van der Waals surface area contributed by atoms with Crippen LogP contribution >= 0.6 is 0 Å². The molecule has 0 unspecified atom stereocenters. The lowest BCUT2D eigenvalue weighted by Crippen LogP contribution is -2.32. The van der Waals surface area contributed by atoms with Gasteiger partial charge in [0, 0.05) is 13.0 Å². The third kappa shape index (κ3) is 3.22. The standard InChI is InChI=1S/C13H24N2O2Si/c1-5-7-9-15-11(10(16)8-6-2)14-12(17)13(15)18(3)4/h17-18H,5-9H2,1-4H3. The van der Waals surface area contributed by atoms with Gasteiger partial charge in [-0.05, 0) is 12.8 Å². The first-order valence-electron chi connectivity index (χ1n) is 6.85. The van der Waals surface area contributed by atoms with Crippen molar-refractivity contribution in [2.24, 2.45) is 0 Å². The maximum absolute atomic E-state index is 12.0. The van der Waals surface area contributed by atoms with Crippen LogP contribution in [0.15, 0.2) is 0 Å². The number of aromatic nitrogens is 2. The smallest absolute Gasteiger partial charge is 0.228 e. The van der Waals surface area contributed by atoms with E-state index in [0.29, 0.717) is 12.2 Å².